The molecule has 1 saturated heterocycles. The number of aryl methyl sites for hydroxylation is 2. The maximum Gasteiger partial charge on any atom is 0.161 e. The van der Waals surface area contributed by atoms with Crippen LogP contribution in [-0.2, 0) is 34.3 Å². The van der Waals surface area contributed by atoms with Crippen LogP contribution in [0, 0.1) is 17.8 Å². The quantitative estimate of drug-likeness (QED) is 0.112. The van der Waals surface area contributed by atoms with Gasteiger partial charge in [-0.1, -0.05) is 66.4 Å². The Bertz CT molecular complexity index is 2440. The summed E-state index contributed by atoms with van der Waals surface area (Å²) in [7, 11) is 0. The third kappa shape index (κ3) is 8.70. The largest absolute Gasteiger partial charge is 0.508 e. The highest BCUT2D eigenvalue weighted by Crippen LogP contribution is 2.44. The number of aliphatic hydroxyl groups is 1. The van der Waals surface area contributed by atoms with Crippen molar-refractivity contribution >= 4 is 16.6 Å². The van der Waals surface area contributed by atoms with Gasteiger partial charge in [0, 0.05) is 58.9 Å². The van der Waals surface area contributed by atoms with Crippen LogP contribution in [0.2, 0.25) is 0 Å². The lowest BCUT2D eigenvalue weighted by Gasteiger charge is -2.39. The topological polar surface area (TPSA) is 131 Å². The van der Waals surface area contributed by atoms with Gasteiger partial charge in [-0.15, -0.1) is 0 Å². The molecule has 0 aliphatic carbocycles. The molecule has 4 aliphatic heterocycles. The SMILES string of the molecule is NC1C=C2C#CC(CCc3ccc(O)cc3)CCCC3CC(O)CCc4ccc(O)c(c4)OCc4cc(C5(c6ccccc6)CCOCC5)cc5cn(cc45)C(=C2CO3)N1. The third-order valence-corrected chi connectivity index (χ3v) is 13.0. The van der Waals surface area contributed by atoms with Crippen molar-refractivity contribution in [3.8, 4) is 29.1 Å². The van der Waals surface area contributed by atoms with Crippen LogP contribution in [0.25, 0.3) is 16.6 Å². The molecule has 0 amide bonds. The summed E-state index contributed by atoms with van der Waals surface area (Å²) < 4.78 is 21.4. The molecule has 0 saturated carbocycles. The fraction of sp³-hybridized carbons (Fsp3) is 0.373. The number of aliphatic hydroxyl groups excluding tert-OH is 1. The van der Waals surface area contributed by atoms with Crippen LogP contribution in [0.4, 0.5) is 0 Å². The molecule has 6 bridgehead atoms. The van der Waals surface area contributed by atoms with Gasteiger partial charge in [-0.05, 0) is 128 Å². The number of hydrogen-bond donors (Lipinski definition) is 5. The fourth-order valence-electron chi connectivity index (χ4n) is 9.54. The van der Waals surface area contributed by atoms with Crippen molar-refractivity contribution in [3.05, 3.63) is 142 Å². The van der Waals surface area contributed by atoms with Crippen LogP contribution in [0.5, 0.6) is 17.2 Å². The summed E-state index contributed by atoms with van der Waals surface area (Å²) in [4.78, 5) is 0. The number of aromatic nitrogens is 1. The molecule has 0 radical (unpaired) electrons. The van der Waals surface area contributed by atoms with Gasteiger partial charge in [0.1, 0.15) is 18.2 Å². The van der Waals surface area contributed by atoms with E-state index in [1.54, 1.807) is 18.2 Å². The highest BCUT2D eigenvalue weighted by Gasteiger charge is 2.37. The first kappa shape index (κ1) is 39.9. The highest BCUT2D eigenvalue weighted by atomic mass is 16.5. The number of benzene rings is 4. The van der Waals surface area contributed by atoms with Crippen LogP contribution in [-0.4, -0.2) is 58.1 Å². The normalized spacial score (nSPS) is 23.3. The van der Waals surface area contributed by atoms with Crippen LogP contribution in [0.15, 0.2) is 115 Å². The first-order valence-corrected chi connectivity index (χ1v) is 21.6. The monoisotopic (exact) mass is 805 g/mol. The van der Waals surface area contributed by atoms with E-state index in [2.05, 4.69) is 76.6 Å². The van der Waals surface area contributed by atoms with Gasteiger partial charge >= 0.3 is 0 Å². The van der Waals surface area contributed by atoms with E-state index in [9.17, 15) is 15.3 Å². The van der Waals surface area contributed by atoms with Crippen LogP contribution in [0.3, 0.4) is 0 Å². The molecule has 9 nitrogen and oxygen atoms in total. The van der Waals surface area contributed by atoms with Gasteiger partial charge in [-0.3, -0.25) is 0 Å². The first-order valence-electron chi connectivity index (χ1n) is 21.6. The molecule has 1 aromatic heterocycles. The Morgan fingerprint density at radius 2 is 1.72 bits per heavy atom. The van der Waals surface area contributed by atoms with Gasteiger partial charge in [0.15, 0.2) is 11.5 Å². The second-order valence-electron chi connectivity index (χ2n) is 17.0. The molecule has 9 rings (SSSR count). The molecule has 4 atom stereocenters. The molecule has 5 aromatic rings. The Balaban J connectivity index is 1.17. The van der Waals surface area contributed by atoms with Crippen molar-refractivity contribution in [1.82, 2.24) is 9.88 Å². The minimum Gasteiger partial charge on any atom is -0.508 e. The molecule has 5 heterocycles. The number of fused-ring (bicyclic) bond motifs is 6. The smallest absolute Gasteiger partial charge is 0.161 e. The summed E-state index contributed by atoms with van der Waals surface area (Å²) in [6, 6.07) is 28.3. The first-order chi connectivity index (χ1) is 29.3. The van der Waals surface area contributed by atoms with Crippen molar-refractivity contribution in [2.45, 2.75) is 94.6 Å². The lowest BCUT2D eigenvalue weighted by molar-refractivity contribution is 0.0167. The van der Waals surface area contributed by atoms with E-state index in [-0.39, 0.29) is 35.5 Å². The summed E-state index contributed by atoms with van der Waals surface area (Å²) >= 11 is 0. The summed E-state index contributed by atoms with van der Waals surface area (Å²) in [6.45, 7) is 1.88. The van der Waals surface area contributed by atoms with E-state index < -0.39 is 12.3 Å². The summed E-state index contributed by atoms with van der Waals surface area (Å²) in [5, 5.41) is 38.0. The predicted molar refractivity (Wildman–Crippen MR) is 234 cm³/mol. The molecule has 1 fully saturated rings. The number of nitrogens with two attached hydrogens (primary N) is 1. The predicted octanol–water partition coefficient (Wildman–Crippen LogP) is 8.23. The Labute approximate surface area is 352 Å². The second-order valence-corrected chi connectivity index (χ2v) is 17.0. The van der Waals surface area contributed by atoms with E-state index >= 15 is 0 Å². The number of aromatic hydroxyl groups is 2. The summed E-state index contributed by atoms with van der Waals surface area (Å²) in [5.74, 6) is 8.96. The maximum atomic E-state index is 11.5. The average Bonchev–Trinajstić information content (AvgIpc) is 3.69. The number of phenolic OH excluding ortho intramolecular Hbond substituents is 2. The number of rotatable bonds is 5. The lowest BCUT2D eigenvalue weighted by Crippen LogP contribution is -2.40. The Morgan fingerprint density at radius 1 is 0.883 bits per heavy atom. The molecule has 4 aromatic carbocycles. The van der Waals surface area contributed by atoms with Crippen LogP contribution < -0.4 is 15.8 Å². The van der Waals surface area contributed by atoms with Crippen molar-refractivity contribution in [3.63, 3.8) is 0 Å². The maximum absolute atomic E-state index is 11.5. The van der Waals surface area contributed by atoms with Gasteiger partial charge in [-0.2, -0.15) is 0 Å². The van der Waals surface area contributed by atoms with E-state index in [1.807, 2.05) is 30.3 Å². The van der Waals surface area contributed by atoms with Crippen molar-refractivity contribution < 1.29 is 29.5 Å². The zero-order valence-corrected chi connectivity index (χ0v) is 34.1. The van der Waals surface area contributed by atoms with Crippen molar-refractivity contribution in [2.75, 3.05) is 19.8 Å². The van der Waals surface area contributed by atoms with E-state index in [0.717, 1.165) is 83.8 Å². The zero-order chi connectivity index (χ0) is 41.1. The lowest BCUT2D eigenvalue weighted by atomic mass is 9.68. The molecule has 9 heteroatoms. The third-order valence-electron chi connectivity index (χ3n) is 13.0. The number of phenols is 2. The molecule has 4 aliphatic rings. The molecular formula is C51H55N3O6. The van der Waals surface area contributed by atoms with Gasteiger partial charge < -0.3 is 45.1 Å². The van der Waals surface area contributed by atoms with Gasteiger partial charge in [0.05, 0.1) is 25.0 Å². The van der Waals surface area contributed by atoms with Crippen LogP contribution >= 0.6 is 0 Å². The van der Waals surface area contributed by atoms with Crippen molar-refractivity contribution in [1.29, 1.82) is 0 Å². The van der Waals surface area contributed by atoms with Gasteiger partial charge in [-0.25, -0.2) is 0 Å². The van der Waals surface area contributed by atoms with Crippen LogP contribution in [0.1, 0.15) is 79.2 Å². The molecule has 4 unspecified atom stereocenters. The van der Waals surface area contributed by atoms with Gasteiger partial charge in [0.25, 0.3) is 0 Å². The van der Waals surface area contributed by atoms with Crippen molar-refractivity contribution in [2.24, 2.45) is 11.7 Å². The second kappa shape index (κ2) is 17.6. The molecule has 60 heavy (non-hydrogen) atoms. The number of nitrogens with zero attached hydrogens (tertiary/aromatic N) is 1. The Morgan fingerprint density at radius 3 is 2.55 bits per heavy atom. The standard InChI is InChI=1S/C51H55N3O6/c52-49-28-37-16-11-34(9-10-35-12-17-42(55)18-13-35)5-4-8-44-29-43(56)19-14-36-15-20-47(57)48(25-36)60-32-39-27-41(51(21-23-58-24-22-51)40-6-2-1-3-7-40)26-38-30-54(31-45(38)39)50(53-49)46(37)33-59-44/h1-3,6-7,12-13,15,17-18,20,25-28,30-31,34,43-44,49,53,55-57H,4-5,8-10,14,19,21-24,29,32-33,52H2. The van der Waals surface area contributed by atoms with E-state index in [0.29, 0.717) is 44.8 Å². The summed E-state index contributed by atoms with van der Waals surface area (Å²) in [6.07, 6.45) is 12.8. The minimum absolute atomic E-state index is 0.0832. The molecular weight excluding hydrogens is 751 g/mol. The number of ether oxygens (including phenoxy) is 3. The molecule has 6 N–H and O–H groups in total. The fourth-order valence-corrected chi connectivity index (χ4v) is 9.54. The summed E-state index contributed by atoms with van der Waals surface area (Å²) in [5.41, 5.74) is 13.9. The number of dihydropyridines is 1. The van der Waals surface area contributed by atoms with E-state index in [4.69, 9.17) is 19.9 Å². The minimum atomic E-state index is -0.579. The number of hydrogen-bond acceptors (Lipinski definition) is 8. The van der Waals surface area contributed by atoms with E-state index in [1.165, 1.54) is 16.7 Å². The van der Waals surface area contributed by atoms with Gasteiger partial charge in [0.2, 0.25) is 0 Å². The molecule has 0 spiro atoms. The highest BCUT2D eigenvalue weighted by molar-refractivity contribution is 5.88. The molecule has 310 valence electrons. The average molecular weight is 806 g/mol. The number of nitrogens with one attached hydrogen (secondary N) is 1. The zero-order valence-electron chi connectivity index (χ0n) is 34.1. The Hall–Kier alpha value is -5.50. The Kier molecular flexibility index (Phi) is 11.7.